The monoisotopic (exact) mass is 265 g/mol. The molecule has 1 unspecified atom stereocenters. The van der Waals surface area contributed by atoms with Crippen LogP contribution in [-0.2, 0) is 7.05 Å². The van der Waals surface area contributed by atoms with Gasteiger partial charge in [0.1, 0.15) is 0 Å². The lowest BCUT2D eigenvalue weighted by Crippen LogP contribution is -2.23. The molecule has 0 radical (unpaired) electrons. The van der Waals surface area contributed by atoms with Crippen LogP contribution in [0.2, 0.25) is 0 Å². The molecule has 0 amide bonds. The molecular formula is C15H27N3O. The summed E-state index contributed by atoms with van der Waals surface area (Å²) >= 11 is 0. The molecule has 1 aromatic rings. The predicted octanol–water partition coefficient (Wildman–Crippen LogP) is 3.05. The van der Waals surface area contributed by atoms with Crippen molar-refractivity contribution in [3.05, 3.63) is 11.9 Å². The quantitative estimate of drug-likeness (QED) is 0.832. The smallest absolute Gasteiger partial charge is 0.161 e. The van der Waals surface area contributed by atoms with Gasteiger partial charge in [0.2, 0.25) is 0 Å². The zero-order valence-electron chi connectivity index (χ0n) is 12.5. The van der Waals surface area contributed by atoms with Gasteiger partial charge in [0, 0.05) is 7.05 Å². The van der Waals surface area contributed by atoms with E-state index in [4.69, 9.17) is 4.74 Å². The maximum Gasteiger partial charge on any atom is 0.161 e. The molecule has 2 rings (SSSR count). The molecule has 1 atom stereocenters. The van der Waals surface area contributed by atoms with Crippen LogP contribution in [0.15, 0.2) is 6.20 Å². The maximum absolute atomic E-state index is 5.44. The molecule has 0 saturated heterocycles. The molecule has 19 heavy (non-hydrogen) atoms. The summed E-state index contributed by atoms with van der Waals surface area (Å²) in [5.74, 6) is 1.73. The van der Waals surface area contributed by atoms with Crippen molar-refractivity contribution in [1.29, 1.82) is 0 Å². The Morgan fingerprint density at radius 1 is 1.37 bits per heavy atom. The Balaban J connectivity index is 2.08. The molecule has 0 bridgehead atoms. The van der Waals surface area contributed by atoms with Crippen molar-refractivity contribution in [3.8, 4) is 5.75 Å². The van der Waals surface area contributed by atoms with Crippen LogP contribution in [0.5, 0.6) is 5.75 Å². The van der Waals surface area contributed by atoms with Crippen LogP contribution >= 0.6 is 0 Å². The van der Waals surface area contributed by atoms with Gasteiger partial charge in [-0.3, -0.25) is 4.68 Å². The molecular weight excluding hydrogens is 238 g/mol. The van der Waals surface area contributed by atoms with Crippen LogP contribution in [-0.4, -0.2) is 23.9 Å². The molecule has 1 aliphatic rings. The average molecular weight is 265 g/mol. The lowest BCUT2D eigenvalue weighted by atomic mass is 9.91. The fourth-order valence-electron chi connectivity index (χ4n) is 3.28. The van der Waals surface area contributed by atoms with Crippen LogP contribution < -0.4 is 10.1 Å². The third kappa shape index (κ3) is 3.50. The standard InChI is InChI=1S/C15H27N3O/c1-16-13(10-12-8-6-4-5-7-9-12)15-14(19-3)11-17-18(15)2/h11-13,16H,4-10H2,1-3H3. The number of methoxy groups -OCH3 is 1. The first kappa shape index (κ1) is 14.4. The number of nitrogens with zero attached hydrogens (tertiary/aromatic N) is 2. The van der Waals surface area contributed by atoms with Crippen molar-refractivity contribution in [2.75, 3.05) is 14.2 Å². The summed E-state index contributed by atoms with van der Waals surface area (Å²) < 4.78 is 7.38. The van der Waals surface area contributed by atoms with Gasteiger partial charge in [0.25, 0.3) is 0 Å². The largest absolute Gasteiger partial charge is 0.493 e. The van der Waals surface area contributed by atoms with Gasteiger partial charge >= 0.3 is 0 Å². The molecule has 0 aliphatic heterocycles. The first-order valence-corrected chi connectivity index (χ1v) is 7.49. The Labute approximate surface area is 116 Å². The molecule has 1 fully saturated rings. The predicted molar refractivity (Wildman–Crippen MR) is 77.4 cm³/mol. The average Bonchev–Trinajstić information content (AvgIpc) is 2.64. The van der Waals surface area contributed by atoms with E-state index in [0.29, 0.717) is 6.04 Å². The number of hydrogen-bond donors (Lipinski definition) is 1. The van der Waals surface area contributed by atoms with Crippen molar-refractivity contribution in [2.45, 2.75) is 51.0 Å². The molecule has 1 aromatic heterocycles. The third-order valence-corrected chi connectivity index (χ3v) is 4.39. The second-order valence-corrected chi connectivity index (χ2v) is 5.66. The summed E-state index contributed by atoms with van der Waals surface area (Å²) in [6.07, 6.45) is 11.4. The number of nitrogens with one attached hydrogen (secondary N) is 1. The Bertz CT molecular complexity index is 381. The van der Waals surface area contributed by atoms with Gasteiger partial charge in [-0.2, -0.15) is 5.10 Å². The van der Waals surface area contributed by atoms with Crippen LogP contribution in [0.1, 0.15) is 56.7 Å². The molecule has 1 N–H and O–H groups in total. The molecule has 4 heteroatoms. The Hall–Kier alpha value is -1.03. The van der Waals surface area contributed by atoms with E-state index in [0.717, 1.165) is 11.7 Å². The van der Waals surface area contributed by atoms with Crippen molar-refractivity contribution >= 4 is 0 Å². The fraction of sp³-hybridized carbons (Fsp3) is 0.800. The Kier molecular flexibility index (Phi) is 5.25. The molecule has 4 nitrogen and oxygen atoms in total. The van der Waals surface area contributed by atoms with E-state index in [9.17, 15) is 0 Å². The van der Waals surface area contributed by atoms with Crippen LogP contribution in [0.3, 0.4) is 0 Å². The number of hydrogen-bond acceptors (Lipinski definition) is 3. The topological polar surface area (TPSA) is 39.1 Å². The Morgan fingerprint density at radius 2 is 2.05 bits per heavy atom. The summed E-state index contributed by atoms with van der Waals surface area (Å²) in [4.78, 5) is 0. The van der Waals surface area contributed by atoms with Gasteiger partial charge in [-0.05, 0) is 19.4 Å². The zero-order valence-corrected chi connectivity index (χ0v) is 12.5. The van der Waals surface area contributed by atoms with Crippen LogP contribution in [0.4, 0.5) is 0 Å². The van der Waals surface area contributed by atoms with Crippen molar-refractivity contribution in [3.63, 3.8) is 0 Å². The highest BCUT2D eigenvalue weighted by Crippen LogP contribution is 2.33. The highest BCUT2D eigenvalue weighted by atomic mass is 16.5. The lowest BCUT2D eigenvalue weighted by Gasteiger charge is -2.23. The number of aromatic nitrogens is 2. The van der Waals surface area contributed by atoms with Gasteiger partial charge in [0.15, 0.2) is 5.75 Å². The highest BCUT2D eigenvalue weighted by Gasteiger charge is 2.23. The molecule has 0 aromatic carbocycles. The van der Waals surface area contributed by atoms with E-state index < -0.39 is 0 Å². The molecule has 1 saturated carbocycles. The zero-order chi connectivity index (χ0) is 13.7. The minimum Gasteiger partial charge on any atom is -0.493 e. The fourth-order valence-corrected chi connectivity index (χ4v) is 3.28. The second-order valence-electron chi connectivity index (χ2n) is 5.66. The first-order chi connectivity index (χ1) is 9.26. The van der Waals surface area contributed by atoms with Crippen molar-refractivity contribution < 1.29 is 4.74 Å². The summed E-state index contributed by atoms with van der Waals surface area (Å²) in [6.45, 7) is 0. The summed E-state index contributed by atoms with van der Waals surface area (Å²) in [5.41, 5.74) is 1.18. The molecule has 108 valence electrons. The van der Waals surface area contributed by atoms with Gasteiger partial charge < -0.3 is 10.1 Å². The van der Waals surface area contributed by atoms with Gasteiger partial charge in [0.05, 0.1) is 25.0 Å². The van der Waals surface area contributed by atoms with Crippen LogP contribution in [0.25, 0.3) is 0 Å². The van der Waals surface area contributed by atoms with Crippen molar-refractivity contribution in [2.24, 2.45) is 13.0 Å². The minimum absolute atomic E-state index is 0.338. The Morgan fingerprint density at radius 3 is 2.63 bits per heavy atom. The van der Waals surface area contributed by atoms with Gasteiger partial charge in [-0.15, -0.1) is 0 Å². The van der Waals surface area contributed by atoms with E-state index in [1.807, 2.05) is 25.0 Å². The van der Waals surface area contributed by atoms with E-state index in [-0.39, 0.29) is 0 Å². The van der Waals surface area contributed by atoms with Gasteiger partial charge in [-0.1, -0.05) is 38.5 Å². The SMILES string of the molecule is CNC(CC1CCCCCC1)c1c(OC)cnn1C. The summed E-state index contributed by atoms with van der Waals surface area (Å²) in [6, 6.07) is 0.338. The van der Waals surface area contributed by atoms with E-state index in [1.165, 1.54) is 50.6 Å². The number of ether oxygens (including phenoxy) is 1. The number of rotatable bonds is 5. The maximum atomic E-state index is 5.44. The minimum atomic E-state index is 0.338. The van der Waals surface area contributed by atoms with Crippen LogP contribution in [0, 0.1) is 5.92 Å². The first-order valence-electron chi connectivity index (χ1n) is 7.49. The number of aryl methyl sites for hydroxylation is 1. The summed E-state index contributed by atoms with van der Waals surface area (Å²) in [5, 5.41) is 7.77. The van der Waals surface area contributed by atoms with E-state index >= 15 is 0 Å². The summed E-state index contributed by atoms with van der Waals surface area (Å²) in [7, 11) is 5.75. The second kappa shape index (κ2) is 6.94. The molecule has 1 aliphatic carbocycles. The molecule has 0 spiro atoms. The highest BCUT2D eigenvalue weighted by molar-refractivity contribution is 5.28. The molecule has 1 heterocycles. The van der Waals surface area contributed by atoms with Gasteiger partial charge in [-0.25, -0.2) is 0 Å². The lowest BCUT2D eigenvalue weighted by molar-refractivity contribution is 0.343. The van der Waals surface area contributed by atoms with Crippen molar-refractivity contribution in [1.82, 2.24) is 15.1 Å². The normalized spacial score (nSPS) is 19.1. The third-order valence-electron chi connectivity index (χ3n) is 4.39. The van der Waals surface area contributed by atoms with E-state index in [2.05, 4.69) is 10.4 Å². The van der Waals surface area contributed by atoms with E-state index in [1.54, 1.807) is 7.11 Å².